The van der Waals surface area contributed by atoms with Crippen LogP contribution in [0.3, 0.4) is 0 Å². The number of hydrogen-bond donors (Lipinski definition) is 1. The number of nitrogens with one attached hydrogen (secondary N) is 1. The van der Waals surface area contributed by atoms with Gasteiger partial charge in [-0.3, -0.25) is 0 Å². The van der Waals surface area contributed by atoms with Gasteiger partial charge in [0.2, 0.25) is 10.0 Å². The molecule has 11 heteroatoms. The second-order valence-corrected chi connectivity index (χ2v) is 10.7. The lowest BCUT2D eigenvalue weighted by Gasteiger charge is -2.33. The minimum Gasteiger partial charge on any atom is -0.367 e. The zero-order valence-electron chi connectivity index (χ0n) is 17.0. The van der Waals surface area contributed by atoms with Crippen LogP contribution in [0.4, 0.5) is 19.0 Å². The van der Waals surface area contributed by atoms with Crippen LogP contribution < -0.4 is 5.32 Å². The van der Waals surface area contributed by atoms with Crippen LogP contribution >= 0.6 is 15.9 Å². The number of alkyl halides is 3. The molecule has 0 saturated carbocycles. The maximum absolute atomic E-state index is 13.2. The molecule has 1 fully saturated rings. The second-order valence-electron chi connectivity index (χ2n) is 7.90. The predicted octanol–water partition coefficient (Wildman–Crippen LogP) is 3.81. The van der Waals surface area contributed by atoms with Gasteiger partial charge < -0.3 is 10.2 Å². The van der Waals surface area contributed by atoms with Crippen molar-refractivity contribution in [3.05, 3.63) is 16.7 Å². The number of rotatable bonds is 7. The standard InChI is InChI=1S/C18H28BrF3N4O2S/c1-12(2)15(25(3)4)10-24-17-16(8-14(19)9-23-17)29(27,28)26-7-5-6-13(11-26)18(20,21)22/h8-9,12-13,15H,5-7,10-11H2,1-4H3,(H,23,24)/t13-,15?/m1/s1. The van der Waals surface area contributed by atoms with Gasteiger partial charge in [-0.05, 0) is 54.9 Å². The van der Waals surface area contributed by atoms with E-state index in [0.717, 1.165) is 4.31 Å². The van der Waals surface area contributed by atoms with Gasteiger partial charge in [-0.2, -0.15) is 17.5 Å². The van der Waals surface area contributed by atoms with E-state index in [4.69, 9.17) is 0 Å². The number of hydrogen-bond acceptors (Lipinski definition) is 5. The molecule has 0 bridgehead atoms. The molecule has 2 rings (SSSR count). The summed E-state index contributed by atoms with van der Waals surface area (Å²) >= 11 is 3.22. The molecule has 1 saturated heterocycles. The third-order valence-electron chi connectivity index (χ3n) is 5.20. The SMILES string of the molecule is CC(C)C(CNc1ncc(Br)cc1S(=O)(=O)N1CCC[C@@H](C(F)(F)F)C1)N(C)C. The molecular formula is C18H28BrF3N4O2S. The molecule has 0 amide bonds. The summed E-state index contributed by atoms with van der Waals surface area (Å²) in [5.41, 5.74) is 0. The van der Waals surface area contributed by atoms with Gasteiger partial charge in [0.25, 0.3) is 0 Å². The first-order valence-corrected chi connectivity index (χ1v) is 11.7. The number of piperidine rings is 1. The van der Waals surface area contributed by atoms with Crippen LogP contribution in [-0.4, -0.2) is 68.6 Å². The van der Waals surface area contributed by atoms with Gasteiger partial charge in [-0.25, -0.2) is 13.4 Å². The summed E-state index contributed by atoms with van der Waals surface area (Å²) in [5.74, 6) is -1.20. The highest BCUT2D eigenvalue weighted by Gasteiger charge is 2.44. The van der Waals surface area contributed by atoms with E-state index in [-0.39, 0.29) is 36.1 Å². The van der Waals surface area contributed by atoms with E-state index in [0.29, 0.717) is 16.9 Å². The lowest BCUT2D eigenvalue weighted by atomic mass is 9.99. The lowest BCUT2D eigenvalue weighted by Crippen LogP contribution is -2.44. The first-order valence-electron chi connectivity index (χ1n) is 9.46. The van der Waals surface area contributed by atoms with Crippen molar-refractivity contribution in [1.29, 1.82) is 0 Å². The summed E-state index contributed by atoms with van der Waals surface area (Å²) in [6.45, 7) is 4.07. The monoisotopic (exact) mass is 500 g/mol. The summed E-state index contributed by atoms with van der Waals surface area (Å²) in [6, 6.07) is 1.52. The molecule has 1 unspecified atom stereocenters. The largest absolute Gasteiger partial charge is 0.393 e. The number of pyridine rings is 1. The predicted molar refractivity (Wildman–Crippen MR) is 110 cm³/mol. The van der Waals surface area contributed by atoms with Crippen molar-refractivity contribution in [2.75, 3.05) is 39.0 Å². The minimum atomic E-state index is -4.42. The number of aromatic nitrogens is 1. The molecule has 0 radical (unpaired) electrons. The fourth-order valence-electron chi connectivity index (χ4n) is 3.53. The number of likely N-dealkylation sites (N-methyl/N-ethyl adjacent to an activating group) is 1. The van der Waals surface area contributed by atoms with E-state index < -0.39 is 28.7 Å². The zero-order chi connectivity index (χ0) is 22.0. The molecule has 2 atom stereocenters. The number of halogens is 4. The Morgan fingerprint density at radius 2 is 2.03 bits per heavy atom. The molecule has 0 aliphatic carbocycles. The van der Waals surface area contributed by atoms with Crippen LogP contribution in [0.5, 0.6) is 0 Å². The quantitative estimate of drug-likeness (QED) is 0.616. The fraction of sp³-hybridized carbons (Fsp3) is 0.722. The Kier molecular flexibility index (Phi) is 7.97. The molecule has 1 aliphatic heterocycles. The van der Waals surface area contributed by atoms with Crippen molar-refractivity contribution in [2.45, 2.75) is 43.8 Å². The number of anilines is 1. The van der Waals surface area contributed by atoms with Gasteiger partial charge in [-0.15, -0.1) is 0 Å². The number of nitrogens with zero attached hydrogens (tertiary/aromatic N) is 3. The van der Waals surface area contributed by atoms with Crippen LogP contribution in [0, 0.1) is 11.8 Å². The molecule has 1 N–H and O–H groups in total. The topological polar surface area (TPSA) is 65.5 Å². The molecular weight excluding hydrogens is 473 g/mol. The highest BCUT2D eigenvalue weighted by atomic mass is 79.9. The molecule has 1 aliphatic rings. The van der Waals surface area contributed by atoms with Gasteiger partial charge in [0.05, 0.1) is 5.92 Å². The first-order chi connectivity index (χ1) is 13.3. The van der Waals surface area contributed by atoms with Crippen molar-refractivity contribution in [2.24, 2.45) is 11.8 Å². The van der Waals surface area contributed by atoms with Crippen LogP contribution in [0.2, 0.25) is 0 Å². The third-order valence-corrected chi connectivity index (χ3v) is 7.51. The average Bonchev–Trinajstić information content (AvgIpc) is 2.61. The van der Waals surface area contributed by atoms with E-state index in [1.807, 2.05) is 19.0 Å². The Morgan fingerprint density at radius 3 is 2.59 bits per heavy atom. The van der Waals surface area contributed by atoms with E-state index in [2.05, 4.69) is 40.1 Å². The summed E-state index contributed by atoms with van der Waals surface area (Å²) < 4.78 is 67.2. The second kappa shape index (κ2) is 9.49. The number of sulfonamides is 1. The molecule has 166 valence electrons. The maximum atomic E-state index is 13.2. The lowest BCUT2D eigenvalue weighted by molar-refractivity contribution is -0.182. The molecule has 1 aromatic rings. The Morgan fingerprint density at radius 1 is 1.38 bits per heavy atom. The summed E-state index contributed by atoms with van der Waals surface area (Å²) in [6.07, 6.45) is -2.84. The van der Waals surface area contributed by atoms with Crippen LogP contribution in [0.25, 0.3) is 0 Å². The normalized spacial score (nSPS) is 20.3. The fourth-order valence-corrected chi connectivity index (χ4v) is 5.68. The van der Waals surface area contributed by atoms with E-state index in [1.165, 1.54) is 12.3 Å². The van der Waals surface area contributed by atoms with E-state index in [9.17, 15) is 21.6 Å². The van der Waals surface area contributed by atoms with Crippen LogP contribution in [0.1, 0.15) is 26.7 Å². The molecule has 1 aromatic heterocycles. The van der Waals surface area contributed by atoms with Gasteiger partial charge >= 0.3 is 6.18 Å². The van der Waals surface area contributed by atoms with Crippen molar-refractivity contribution >= 4 is 31.8 Å². The molecule has 2 heterocycles. The summed E-state index contributed by atoms with van der Waals surface area (Å²) in [5, 5.41) is 3.09. The van der Waals surface area contributed by atoms with Gasteiger partial charge in [-0.1, -0.05) is 13.8 Å². The molecule has 0 aromatic carbocycles. The smallest absolute Gasteiger partial charge is 0.367 e. The van der Waals surface area contributed by atoms with Crippen LogP contribution in [0.15, 0.2) is 21.6 Å². The molecule has 0 spiro atoms. The highest BCUT2D eigenvalue weighted by molar-refractivity contribution is 9.10. The van der Waals surface area contributed by atoms with Gasteiger partial charge in [0.15, 0.2) is 0 Å². The Hall–Kier alpha value is -0.910. The van der Waals surface area contributed by atoms with Crippen LogP contribution in [-0.2, 0) is 10.0 Å². The molecule has 29 heavy (non-hydrogen) atoms. The van der Waals surface area contributed by atoms with Crippen molar-refractivity contribution < 1.29 is 21.6 Å². The Labute approximate surface area is 179 Å². The Balaban J connectivity index is 2.31. The summed E-state index contributed by atoms with van der Waals surface area (Å²) in [7, 11) is -0.263. The highest BCUT2D eigenvalue weighted by Crippen LogP contribution is 2.36. The summed E-state index contributed by atoms with van der Waals surface area (Å²) in [4.78, 5) is 6.11. The van der Waals surface area contributed by atoms with Gasteiger partial charge in [0, 0.05) is 36.3 Å². The maximum Gasteiger partial charge on any atom is 0.393 e. The zero-order valence-corrected chi connectivity index (χ0v) is 19.4. The minimum absolute atomic E-state index is 0.0593. The average molecular weight is 501 g/mol. The Bertz CT molecular complexity index is 795. The third kappa shape index (κ3) is 6.05. The first kappa shape index (κ1) is 24.4. The van der Waals surface area contributed by atoms with E-state index >= 15 is 0 Å². The van der Waals surface area contributed by atoms with Crippen molar-refractivity contribution in [1.82, 2.24) is 14.2 Å². The molecule has 6 nitrogen and oxygen atoms in total. The van der Waals surface area contributed by atoms with Crippen molar-refractivity contribution in [3.63, 3.8) is 0 Å². The van der Waals surface area contributed by atoms with Crippen molar-refractivity contribution in [3.8, 4) is 0 Å². The van der Waals surface area contributed by atoms with Gasteiger partial charge in [0.1, 0.15) is 10.7 Å². The van der Waals surface area contributed by atoms with E-state index in [1.54, 1.807) is 0 Å².